The van der Waals surface area contributed by atoms with Crippen LogP contribution in [-0.4, -0.2) is 36.7 Å². The third-order valence-corrected chi connectivity index (χ3v) is 4.11. The number of amides is 1. The summed E-state index contributed by atoms with van der Waals surface area (Å²) >= 11 is 0. The number of carbonyl (C=O) groups excluding carboxylic acids is 1. The van der Waals surface area contributed by atoms with Crippen molar-refractivity contribution in [1.82, 2.24) is 10.2 Å². The lowest BCUT2D eigenvalue weighted by Gasteiger charge is -2.29. The minimum atomic E-state index is -0.0206. The smallest absolute Gasteiger partial charge is 0.239 e. The largest absolute Gasteiger partial charge is 0.454 e. The van der Waals surface area contributed by atoms with Crippen molar-refractivity contribution in [3.05, 3.63) is 23.8 Å². The van der Waals surface area contributed by atoms with Gasteiger partial charge in [-0.25, -0.2) is 0 Å². The molecule has 0 radical (unpaired) electrons. The summed E-state index contributed by atoms with van der Waals surface area (Å²) in [5.41, 5.74) is 1.07. The Balaban J connectivity index is 0.00000176. The monoisotopic (exact) mass is 326 g/mol. The average molecular weight is 327 g/mol. The number of piperidine rings is 1. The van der Waals surface area contributed by atoms with Gasteiger partial charge in [0.25, 0.3) is 0 Å². The van der Waals surface area contributed by atoms with Gasteiger partial charge in [-0.3, -0.25) is 4.79 Å². The summed E-state index contributed by atoms with van der Waals surface area (Å²) in [6, 6.07) is 5.85. The molecule has 1 atom stereocenters. The molecule has 0 aromatic heterocycles. The summed E-state index contributed by atoms with van der Waals surface area (Å²) in [4.78, 5) is 14.5. The molecule has 1 saturated heterocycles. The molecule has 0 bridgehead atoms. The molecule has 122 valence electrons. The number of rotatable bonds is 4. The third-order valence-electron chi connectivity index (χ3n) is 4.11. The number of benzene rings is 1. The quantitative estimate of drug-likeness (QED) is 0.922. The van der Waals surface area contributed by atoms with Gasteiger partial charge in [-0.05, 0) is 44.0 Å². The van der Waals surface area contributed by atoms with Crippen LogP contribution in [0, 0.1) is 0 Å². The summed E-state index contributed by atoms with van der Waals surface area (Å²) in [5, 5.41) is 3.33. The number of likely N-dealkylation sites (N-methyl/N-ethyl adjacent to an activating group) is 1. The highest BCUT2D eigenvalue weighted by Gasteiger charge is 2.25. The molecule has 0 aliphatic carbocycles. The number of halogens is 1. The van der Waals surface area contributed by atoms with E-state index in [1.54, 1.807) is 0 Å². The molecule has 2 heterocycles. The minimum absolute atomic E-state index is 0. The molecule has 0 saturated carbocycles. The molecule has 1 unspecified atom stereocenters. The molecule has 1 N–H and O–H groups in total. The second-order valence-corrected chi connectivity index (χ2v) is 5.54. The molecule has 0 spiro atoms. The van der Waals surface area contributed by atoms with Crippen LogP contribution < -0.4 is 14.8 Å². The van der Waals surface area contributed by atoms with E-state index < -0.39 is 0 Å². The predicted octanol–water partition coefficient (Wildman–Crippen LogP) is 2.33. The number of nitrogens with zero attached hydrogens (tertiary/aromatic N) is 1. The molecule has 1 aromatic rings. The van der Waals surface area contributed by atoms with Crippen LogP contribution in [0.5, 0.6) is 11.5 Å². The van der Waals surface area contributed by atoms with E-state index in [2.05, 4.69) is 5.32 Å². The zero-order chi connectivity index (χ0) is 14.7. The Morgan fingerprint density at radius 1 is 1.32 bits per heavy atom. The van der Waals surface area contributed by atoms with Crippen molar-refractivity contribution in [2.45, 2.75) is 38.8 Å². The van der Waals surface area contributed by atoms with Crippen LogP contribution in [0.4, 0.5) is 0 Å². The van der Waals surface area contributed by atoms with Gasteiger partial charge < -0.3 is 19.7 Å². The normalized spacial score (nSPS) is 19.4. The van der Waals surface area contributed by atoms with Crippen molar-refractivity contribution in [3.63, 3.8) is 0 Å². The second kappa shape index (κ2) is 7.70. The molecule has 2 aliphatic rings. The fourth-order valence-corrected chi connectivity index (χ4v) is 2.89. The molecule has 1 aromatic carbocycles. The summed E-state index contributed by atoms with van der Waals surface area (Å²) in [7, 11) is 0. The SMILES string of the molecule is CCN(Cc1ccc2c(c1)OCO2)C(=O)C1CCCCN1.Cl. The van der Waals surface area contributed by atoms with Crippen LogP contribution in [0.1, 0.15) is 31.7 Å². The summed E-state index contributed by atoms with van der Waals surface area (Å²) in [5.74, 6) is 1.75. The topological polar surface area (TPSA) is 50.8 Å². The van der Waals surface area contributed by atoms with Gasteiger partial charge in [-0.1, -0.05) is 12.5 Å². The van der Waals surface area contributed by atoms with E-state index in [9.17, 15) is 4.79 Å². The fourth-order valence-electron chi connectivity index (χ4n) is 2.89. The predicted molar refractivity (Wildman–Crippen MR) is 86.5 cm³/mol. The zero-order valence-electron chi connectivity index (χ0n) is 12.8. The number of hydrogen-bond acceptors (Lipinski definition) is 4. The third kappa shape index (κ3) is 3.65. The van der Waals surface area contributed by atoms with Crippen LogP contribution in [-0.2, 0) is 11.3 Å². The first kappa shape index (κ1) is 16.9. The van der Waals surface area contributed by atoms with Gasteiger partial charge in [-0.2, -0.15) is 0 Å². The van der Waals surface area contributed by atoms with Gasteiger partial charge in [0, 0.05) is 13.1 Å². The summed E-state index contributed by atoms with van der Waals surface area (Å²) in [6.45, 7) is 4.57. The fraction of sp³-hybridized carbons (Fsp3) is 0.562. The van der Waals surface area contributed by atoms with Gasteiger partial charge in [0.15, 0.2) is 11.5 Å². The molecule has 5 nitrogen and oxygen atoms in total. The number of nitrogens with one attached hydrogen (secondary N) is 1. The second-order valence-electron chi connectivity index (χ2n) is 5.54. The Morgan fingerprint density at radius 2 is 2.14 bits per heavy atom. The molecule has 2 aliphatic heterocycles. The molecule has 1 fully saturated rings. The Kier molecular flexibility index (Phi) is 5.91. The standard InChI is InChI=1S/C16H22N2O3.ClH/c1-2-18(16(19)13-5-3-4-8-17-13)10-12-6-7-14-15(9-12)21-11-20-14;/h6-7,9,13,17H,2-5,8,10-11H2,1H3;1H. The minimum Gasteiger partial charge on any atom is -0.454 e. The van der Waals surface area contributed by atoms with Crippen molar-refractivity contribution < 1.29 is 14.3 Å². The van der Waals surface area contributed by atoms with Crippen molar-refractivity contribution in [3.8, 4) is 11.5 Å². The van der Waals surface area contributed by atoms with Crippen LogP contribution in [0.2, 0.25) is 0 Å². The maximum Gasteiger partial charge on any atom is 0.239 e. The van der Waals surface area contributed by atoms with Crippen LogP contribution in [0.3, 0.4) is 0 Å². The number of ether oxygens (including phenoxy) is 2. The molecule has 6 heteroatoms. The Bertz CT molecular complexity index is 518. The van der Waals surface area contributed by atoms with E-state index >= 15 is 0 Å². The van der Waals surface area contributed by atoms with Crippen molar-refractivity contribution in [2.24, 2.45) is 0 Å². The number of hydrogen-bond donors (Lipinski definition) is 1. The Hall–Kier alpha value is -1.46. The molecule has 22 heavy (non-hydrogen) atoms. The molecule has 1 amide bonds. The maximum absolute atomic E-state index is 12.6. The summed E-state index contributed by atoms with van der Waals surface area (Å²) in [6.07, 6.45) is 3.24. The van der Waals surface area contributed by atoms with Crippen LogP contribution >= 0.6 is 12.4 Å². The Labute approximate surface area is 137 Å². The van der Waals surface area contributed by atoms with Gasteiger partial charge >= 0.3 is 0 Å². The lowest BCUT2D eigenvalue weighted by atomic mass is 10.0. The highest BCUT2D eigenvalue weighted by molar-refractivity contribution is 5.85. The van der Waals surface area contributed by atoms with E-state index in [1.807, 2.05) is 30.0 Å². The highest BCUT2D eigenvalue weighted by Crippen LogP contribution is 2.32. The Morgan fingerprint density at radius 3 is 2.86 bits per heavy atom. The van der Waals surface area contributed by atoms with Gasteiger partial charge in [-0.15, -0.1) is 12.4 Å². The van der Waals surface area contributed by atoms with Gasteiger partial charge in [0.1, 0.15) is 0 Å². The molecule has 3 rings (SSSR count). The van der Waals surface area contributed by atoms with Gasteiger partial charge in [0.05, 0.1) is 6.04 Å². The summed E-state index contributed by atoms with van der Waals surface area (Å²) < 4.78 is 10.7. The lowest BCUT2D eigenvalue weighted by molar-refractivity contribution is -0.134. The van der Waals surface area contributed by atoms with E-state index in [4.69, 9.17) is 9.47 Å². The van der Waals surface area contributed by atoms with E-state index in [1.165, 1.54) is 0 Å². The van der Waals surface area contributed by atoms with Crippen LogP contribution in [0.25, 0.3) is 0 Å². The van der Waals surface area contributed by atoms with Crippen LogP contribution in [0.15, 0.2) is 18.2 Å². The highest BCUT2D eigenvalue weighted by atomic mass is 35.5. The van der Waals surface area contributed by atoms with Crippen molar-refractivity contribution in [1.29, 1.82) is 0 Å². The van der Waals surface area contributed by atoms with E-state index in [-0.39, 0.29) is 31.1 Å². The van der Waals surface area contributed by atoms with E-state index in [0.717, 1.165) is 42.9 Å². The maximum atomic E-state index is 12.6. The first-order valence-corrected chi connectivity index (χ1v) is 7.68. The molecular formula is C16H23ClN2O3. The first-order valence-electron chi connectivity index (χ1n) is 7.68. The average Bonchev–Trinajstić information content (AvgIpc) is 3.00. The first-order chi connectivity index (χ1) is 10.3. The van der Waals surface area contributed by atoms with Crippen molar-refractivity contribution in [2.75, 3.05) is 19.9 Å². The zero-order valence-corrected chi connectivity index (χ0v) is 13.7. The van der Waals surface area contributed by atoms with Crippen molar-refractivity contribution >= 4 is 18.3 Å². The lowest BCUT2D eigenvalue weighted by Crippen LogP contribution is -2.48. The number of carbonyl (C=O) groups is 1. The number of fused-ring (bicyclic) bond motifs is 1. The molecular weight excluding hydrogens is 304 g/mol. The van der Waals surface area contributed by atoms with Gasteiger partial charge in [0.2, 0.25) is 12.7 Å². The van der Waals surface area contributed by atoms with E-state index in [0.29, 0.717) is 13.1 Å².